The van der Waals surface area contributed by atoms with Gasteiger partial charge in [0.1, 0.15) is 11.6 Å². The monoisotopic (exact) mass is 263 g/mol. The van der Waals surface area contributed by atoms with E-state index in [-0.39, 0.29) is 11.9 Å². The van der Waals surface area contributed by atoms with Crippen LogP contribution in [0.4, 0.5) is 10.1 Å². The third kappa shape index (κ3) is 4.43. The topological polar surface area (TPSA) is 21.3 Å². The van der Waals surface area contributed by atoms with Crippen molar-refractivity contribution in [3.8, 4) is 5.75 Å². The molecule has 0 aliphatic rings. The van der Waals surface area contributed by atoms with Crippen molar-refractivity contribution < 1.29 is 9.13 Å². The van der Waals surface area contributed by atoms with E-state index in [1.165, 1.54) is 17.7 Å². The zero-order valence-electron chi connectivity index (χ0n) is 12.3. The van der Waals surface area contributed by atoms with Crippen LogP contribution in [0.3, 0.4) is 0 Å². The van der Waals surface area contributed by atoms with Crippen molar-refractivity contribution in [2.75, 3.05) is 5.32 Å². The molecule has 0 radical (unpaired) electrons. The summed E-state index contributed by atoms with van der Waals surface area (Å²) in [7, 11) is 0. The first-order chi connectivity index (χ1) is 8.81. The summed E-state index contributed by atoms with van der Waals surface area (Å²) in [6.45, 7) is 13.9. The predicted octanol–water partition coefficient (Wildman–Crippen LogP) is 4.89. The molecule has 1 N–H and O–H groups in total. The van der Waals surface area contributed by atoms with Gasteiger partial charge in [0.25, 0.3) is 0 Å². The highest BCUT2D eigenvalue weighted by Gasteiger charge is 2.09. The van der Waals surface area contributed by atoms with Gasteiger partial charge in [0.05, 0.1) is 11.8 Å². The molecule has 0 fully saturated rings. The van der Waals surface area contributed by atoms with E-state index in [9.17, 15) is 4.39 Å². The minimum absolute atomic E-state index is 0.0137. The third-order valence-corrected chi connectivity index (χ3v) is 2.79. The van der Waals surface area contributed by atoms with Crippen LogP contribution in [0.5, 0.6) is 5.75 Å². The predicted molar refractivity (Wildman–Crippen MR) is 79.0 cm³/mol. The van der Waals surface area contributed by atoms with Gasteiger partial charge in [-0.15, -0.1) is 0 Å². The quantitative estimate of drug-likeness (QED) is 0.763. The van der Waals surface area contributed by atoms with Crippen LogP contribution >= 0.6 is 0 Å². The fraction of sp³-hybridized carbons (Fsp3) is 0.375. The molecule has 0 aromatic heterocycles. The number of hydrogen-bond donors (Lipinski definition) is 1. The zero-order valence-corrected chi connectivity index (χ0v) is 12.3. The van der Waals surface area contributed by atoms with Crippen LogP contribution < -0.4 is 10.1 Å². The molecular weight excluding hydrogens is 241 g/mol. The SMILES string of the molecule is C=C(Nc1ccc(F)cc1OC(C)C)C(C)=C(C)C. The molecule has 19 heavy (non-hydrogen) atoms. The Kier molecular flexibility index (Phi) is 5.16. The lowest BCUT2D eigenvalue weighted by Gasteiger charge is -2.17. The maximum atomic E-state index is 13.3. The van der Waals surface area contributed by atoms with E-state index in [4.69, 9.17) is 4.74 Å². The summed E-state index contributed by atoms with van der Waals surface area (Å²) < 4.78 is 18.9. The molecule has 0 spiro atoms. The smallest absolute Gasteiger partial charge is 0.146 e. The summed E-state index contributed by atoms with van der Waals surface area (Å²) in [4.78, 5) is 0. The van der Waals surface area contributed by atoms with Crippen molar-refractivity contribution in [3.63, 3.8) is 0 Å². The number of hydrogen-bond acceptors (Lipinski definition) is 2. The molecule has 1 aromatic carbocycles. The van der Waals surface area contributed by atoms with E-state index in [2.05, 4.69) is 11.9 Å². The van der Waals surface area contributed by atoms with Crippen molar-refractivity contribution >= 4 is 5.69 Å². The van der Waals surface area contributed by atoms with E-state index in [0.717, 1.165) is 17.0 Å². The highest BCUT2D eigenvalue weighted by Crippen LogP contribution is 2.29. The van der Waals surface area contributed by atoms with Crippen molar-refractivity contribution in [2.24, 2.45) is 0 Å². The number of allylic oxidation sites excluding steroid dienone is 2. The second kappa shape index (κ2) is 6.41. The highest BCUT2D eigenvalue weighted by atomic mass is 19.1. The summed E-state index contributed by atoms with van der Waals surface area (Å²) in [5.41, 5.74) is 3.78. The number of anilines is 1. The van der Waals surface area contributed by atoms with Gasteiger partial charge in [0.2, 0.25) is 0 Å². The fourth-order valence-electron chi connectivity index (χ4n) is 1.51. The molecule has 0 atom stereocenters. The molecule has 0 bridgehead atoms. The Bertz CT molecular complexity index is 499. The number of halogens is 1. The minimum Gasteiger partial charge on any atom is -0.489 e. The van der Waals surface area contributed by atoms with Crippen LogP contribution in [0, 0.1) is 5.82 Å². The molecule has 3 heteroatoms. The largest absolute Gasteiger partial charge is 0.489 e. The zero-order chi connectivity index (χ0) is 14.6. The van der Waals surface area contributed by atoms with Gasteiger partial charge in [0, 0.05) is 11.8 Å². The van der Waals surface area contributed by atoms with Crippen molar-refractivity contribution in [1.82, 2.24) is 0 Å². The molecule has 0 heterocycles. The average Bonchev–Trinajstić information content (AvgIpc) is 2.30. The summed E-state index contributed by atoms with van der Waals surface area (Å²) in [5.74, 6) is 0.184. The van der Waals surface area contributed by atoms with Gasteiger partial charge in [0.15, 0.2) is 0 Å². The Balaban J connectivity index is 3.01. The molecule has 0 saturated heterocycles. The molecule has 1 aromatic rings. The van der Waals surface area contributed by atoms with Crippen LogP contribution in [-0.2, 0) is 0 Å². The number of rotatable bonds is 5. The molecule has 0 saturated carbocycles. The molecule has 104 valence electrons. The first kappa shape index (κ1) is 15.3. The van der Waals surface area contributed by atoms with Crippen molar-refractivity contribution in [1.29, 1.82) is 0 Å². The second-order valence-electron chi connectivity index (χ2n) is 5.04. The summed E-state index contributed by atoms with van der Waals surface area (Å²) in [6, 6.07) is 4.45. The normalized spacial score (nSPS) is 10.3. The molecule has 0 unspecified atom stereocenters. The van der Waals surface area contributed by atoms with E-state index < -0.39 is 0 Å². The fourth-order valence-corrected chi connectivity index (χ4v) is 1.51. The Morgan fingerprint density at radius 1 is 1.26 bits per heavy atom. The highest BCUT2D eigenvalue weighted by molar-refractivity contribution is 5.61. The first-order valence-electron chi connectivity index (χ1n) is 6.38. The Morgan fingerprint density at radius 2 is 1.89 bits per heavy atom. The molecule has 1 rings (SSSR count). The third-order valence-electron chi connectivity index (χ3n) is 2.79. The Morgan fingerprint density at radius 3 is 2.42 bits per heavy atom. The van der Waals surface area contributed by atoms with Crippen LogP contribution in [0.15, 0.2) is 41.6 Å². The molecule has 0 aliphatic heterocycles. The standard InChI is InChI=1S/C16H22FNO/c1-10(2)12(5)13(6)18-15-8-7-14(17)9-16(15)19-11(3)4/h7-9,11,18H,6H2,1-5H3. The number of nitrogens with one attached hydrogen (secondary N) is 1. The van der Waals surface area contributed by atoms with Crippen molar-refractivity contribution in [3.05, 3.63) is 47.4 Å². The van der Waals surface area contributed by atoms with E-state index in [1.807, 2.05) is 34.6 Å². The van der Waals surface area contributed by atoms with Crippen LogP contribution in [0.1, 0.15) is 34.6 Å². The van der Waals surface area contributed by atoms with Gasteiger partial charge in [-0.05, 0) is 52.3 Å². The number of benzene rings is 1. The lowest BCUT2D eigenvalue weighted by Crippen LogP contribution is -2.09. The summed E-state index contributed by atoms with van der Waals surface area (Å²) >= 11 is 0. The second-order valence-corrected chi connectivity index (χ2v) is 5.04. The maximum Gasteiger partial charge on any atom is 0.146 e. The Hall–Kier alpha value is -1.77. The molecule has 0 aliphatic carbocycles. The molecule has 2 nitrogen and oxygen atoms in total. The lowest BCUT2D eigenvalue weighted by molar-refractivity contribution is 0.242. The maximum absolute atomic E-state index is 13.3. The molecular formula is C16H22FNO. The summed E-state index contributed by atoms with van der Waals surface area (Å²) in [6.07, 6.45) is -0.0137. The average molecular weight is 263 g/mol. The van der Waals surface area contributed by atoms with Crippen LogP contribution in [-0.4, -0.2) is 6.10 Å². The first-order valence-corrected chi connectivity index (χ1v) is 6.38. The number of ether oxygens (including phenoxy) is 1. The van der Waals surface area contributed by atoms with Gasteiger partial charge in [-0.2, -0.15) is 0 Å². The van der Waals surface area contributed by atoms with Crippen LogP contribution in [0.25, 0.3) is 0 Å². The van der Waals surface area contributed by atoms with Gasteiger partial charge < -0.3 is 10.1 Å². The van der Waals surface area contributed by atoms with Gasteiger partial charge in [-0.1, -0.05) is 12.2 Å². The lowest BCUT2D eigenvalue weighted by atomic mass is 10.1. The van der Waals surface area contributed by atoms with Gasteiger partial charge >= 0.3 is 0 Å². The van der Waals surface area contributed by atoms with E-state index in [1.54, 1.807) is 6.07 Å². The summed E-state index contributed by atoms with van der Waals surface area (Å²) in [5, 5.41) is 3.18. The van der Waals surface area contributed by atoms with E-state index >= 15 is 0 Å². The van der Waals surface area contributed by atoms with Gasteiger partial charge in [-0.25, -0.2) is 4.39 Å². The molecule has 0 amide bonds. The van der Waals surface area contributed by atoms with E-state index in [0.29, 0.717) is 5.75 Å². The van der Waals surface area contributed by atoms with Gasteiger partial charge in [-0.3, -0.25) is 0 Å². The minimum atomic E-state index is -0.314. The van der Waals surface area contributed by atoms with Crippen molar-refractivity contribution in [2.45, 2.75) is 40.7 Å². The Labute approximate surface area is 115 Å². The van der Waals surface area contributed by atoms with Crippen LogP contribution in [0.2, 0.25) is 0 Å².